The normalized spacial score (nSPS) is 16.7. The molecule has 1 unspecified atom stereocenters. The first-order valence-electron chi connectivity index (χ1n) is 8.39. The minimum absolute atomic E-state index is 0.0133. The molecule has 1 aromatic rings. The minimum atomic E-state index is -1.46. The smallest absolute Gasteiger partial charge is 0.225 e. The van der Waals surface area contributed by atoms with E-state index in [0.29, 0.717) is 0 Å². The Kier molecular flexibility index (Phi) is 6.38. The van der Waals surface area contributed by atoms with Gasteiger partial charge in [0.2, 0.25) is 5.91 Å². The van der Waals surface area contributed by atoms with Gasteiger partial charge in [-0.15, -0.1) is 0 Å². The molecule has 9 heteroatoms. The predicted molar refractivity (Wildman–Crippen MR) is 92.4 cm³/mol. The Balaban J connectivity index is 1.95. The van der Waals surface area contributed by atoms with E-state index in [1.165, 1.54) is 18.7 Å². The maximum atomic E-state index is 14.0. The number of nitrogens with two attached hydrogens (primary N) is 1. The zero-order chi connectivity index (χ0) is 19.5. The third-order valence-electron chi connectivity index (χ3n) is 4.05. The maximum Gasteiger partial charge on any atom is 0.225 e. The van der Waals surface area contributed by atoms with Gasteiger partial charge < -0.3 is 30.5 Å². The monoisotopic (exact) mass is 373 g/mol. The zero-order valence-corrected chi connectivity index (χ0v) is 14.9. The van der Waals surface area contributed by atoms with Crippen LogP contribution in [0.1, 0.15) is 20.3 Å². The SMILES string of the molecule is CC(C)(O)OC(CO)CC(=O)N1CCN(c2c(F)cc(N)cc2F)CC1. The Morgan fingerprint density at radius 1 is 1.27 bits per heavy atom. The highest BCUT2D eigenvalue weighted by molar-refractivity contribution is 5.77. The number of piperazine rings is 1. The number of hydrogen-bond acceptors (Lipinski definition) is 6. The van der Waals surface area contributed by atoms with Crippen molar-refractivity contribution in [2.24, 2.45) is 0 Å². The second kappa shape index (κ2) is 8.15. The largest absolute Gasteiger partial charge is 0.399 e. The van der Waals surface area contributed by atoms with E-state index < -0.39 is 30.1 Å². The summed E-state index contributed by atoms with van der Waals surface area (Å²) in [5.41, 5.74) is 5.29. The van der Waals surface area contributed by atoms with Crippen molar-refractivity contribution in [2.75, 3.05) is 43.4 Å². The number of nitrogen functional groups attached to an aromatic ring is 1. The average molecular weight is 373 g/mol. The highest BCUT2D eigenvalue weighted by atomic mass is 19.1. The van der Waals surface area contributed by atoms with Crippen LogP contribution < -0.4 is 10.6 Å². The van der Waals surface area contributed by atoms with Crippen LogP contribution in [0.4, 0.5) is 20.2 Å². The fraction of sp³-hybridized carbons (Fsp3) is 0.588. The Morgan fingerprint density at radius 3 is 2.27 bits per heavy atom. The number of aliphatic hydroxyl groups is 2. The first kappa shape index (κ1) is 20.3. The Bertz CT molecular complexity index is 620. The number of nitrogens with zero attached hydrogens (tertiary/aromatic N) is 2. The first-order valence-corrected chi connectivity index (χ1v) is 8.39. The van der Waals surface area contributed by atoms with E-state index in [1.807, 2.05) is 0 Å². The van der Waals surface area contributed by atoms with Crippen molar-refractivity contribution in [2.45, 2.75) is 32.2 Å². The molecule has 7 nitrogen and oxygen atoms in total. The lowest BCUT2D eigenvalue weighted by molar-refractivity contribution is -0.214. The lowest BCUT2D eigenvalue weighted by Gasteiger charge is -2.37. The number of carbonyl (C=O) groups is 1. The van der Waals surface area contributed by atoms with Gasteiger partial charge in [0, 0.05) is 31.9 Å². The Morgan fingerprint density at radius 2 is 1.81 bits per heavy atom. The lowest BCUT2D eigenvalue weighted by Crippen LogP contribution is -2.50. The first-order chi connectivity index (χ1) is 12.1. The van der Waals surface area contributed by atoms with Crippen molar-refractivity contribution in [3.8, 4) is 0 Å². The molecule has 1 saturated heterocycles. The maximum absolute atomic E-state index is 14.0. The fourth-order valence-corrected chi connectivity index (χ4v) is 2.94. The van der Waals surface area contributed by atoms with Crippen molar-refractivity contribution in [1.82, 2.24) is 4.90 Å². The van der Waals surface area contributed by atoms with Gasteiger partial charge in [-0.2, -0.15) is 0 Å². The number of rotatable bonds is 6. The lowest BCUT2D eigenvalue weighted by atomic mass is 10.2. The summed E-state index contributed by atoms with van der Waals surface area (Å²) < 4.78 is 33.3. The van der Waals surface area contributed by atoms with E-state index in [4.69, 9.17) is 10.5 Å². The van der Waals surface area contributed by atoms with Crippen LogP contribution in [-0.2, 0) is 9.53 Å². The number of halogens is 2. The molecular formula is C17H25F2N3O4. The van der Waals surface area contributed by atoms with Gasteiger partial charge in [-0.3, -0.25) is 4.79 Å². The second-order valence-electron chi connectivity index (χ2n) is 6.77. The van der Waals surface area contributed by atoms with Gasteiger partial charge in [-0.05, 0) is 26.0 Å². The van der Waals surface area contributed by atoms with Gasteiger partial charge in [0.15, 0.2) is 17.4 Å². The summed E-state index contributed by atoms with van der Waals surface area (Å²) in [6, 6.07) is 2.13. The molecule has 1 amide bonds. The molecule has 0 aliphatic carbocycles. The van der Waals surface area contributed by atoms with Gasteiger partial charge in [-0.25, -0.2) is 8.78 Å². The Labute approximate surface area is 150 Å². The number of hydrogen-bond donors (Lipinski definition) is 3. The van der Waals surface area contributed by atoms with Crippen molar-refractivity contribution < 1.29 is 28.5 Å². The number of anilines is 2. The molecule has 26 heavy (non-hydrogen) atoms. The molecule has 0 aromatic heterocycles. The molecule has 146 valence electrons. The summed E-state index contributed by atoms with van der Waals surface area (Å²) >= 11 is 0. The van der Waals surface area contributed by atoms with Crippen LogP contribution in [0.25, 0.3) is 0 Å². The fourth-order valence-electron chi connectivity index (χ4n) is 2.94. The third kappa shape index (κ3) is 5.26. The van der Waals surface area contributed by atoms with Gasteiger partial charge in [0.05, 0.1) is 19.1 Å². The number of benzene rings is 1. The van der Waals surface area contributed by atoms with Gasteiger partial charge >= 0.3 is 0 Å². The summed E-state index contributed by atoms with van der Waals surface area (Å²) in [4.78, 5) is 15.4. The summed E-state index contributed by atoms with van der Waals surface area (Å²) in [5, 5.41) is 18.9. The summed E-state index contributed by atoms with van der Waals surface area (Å²) in [7, 11) is 0. The Hall–Kier alpha value is -1.97. The molecule has 1 aliphatic heterocycles. The van der Waals surface area contributed by atoms with E-state index >= 15 is 0 Å². The van der Waals surface area contributed by atoms with Crippen LogP contribution in [-0.4, -0.2) is 65.7 Å². The van der Waals surface area contributed by atoms with Crippen LogP contribution in [0.3, 0.4) is 0 Å². The third-order valence-corrected chi connectivity index (χ3v) is 4.05. The van der Waals surface area contributed by atoms with Gasteiger partial charge in [0.1, 0.15) is 5.69 Å². The summed E-state index contributed by atoms with van der Waals surface area (Å²) in [6.07, 6.45) is -0.919. The number of amides is 1. The van der Waals surface area contributed by atoms with E-state index in [9.17, 15) is 23.8 Å². The van der Waals surface area contributed by atoms with Crippen molar-refractivity contribution in [3.05, 3.63) is 23.8 Å². The molecule has 2 rings (SSSR count). The van der Waals surface area contributed by atoms with E-state index in [1.54, 1.807) is 4.90 Å². The molecule has 1 aromatic carbocycles. The molecular weight excluding hydrogens is 348 g/mol. The topological polar surface area (TPSA) is 99.3 Å². The van der Waals surface area contributed by atoms with Crippen molar-refractivity contribution >= 4 is 17.3 Å². The minimum Gasteiger partial charge on any atom is -0.399 e. The van der Waals surface area contributed by atoms with Crippen LogP contribution in [0.2, 0.25) is 0 Å². The molecule has 0 bridgehead atoms. The van der Waals surface area contributed by atoms with Crippen molar-refractivity contribution in [1.29, 1.82) is 0 Å². The summed E-state index contributed by atoms with van der Waals surface area (Å²) in [5.74, 6) is -3.19. The molecule has 4 N–H and O–H groups in total. The summed E-state index contributed by atoms with van der Waals surface area (Å²) in [6.45, 7) is 3.51. The zero-order valence-electron chi connectivity index (χ0n) is 14.9. The highest BCUT2D eigenvalue weighted by Crippen LogP contribution is 2.27. The second-order valence-corrected chi connectivity index (χ2v) is 6.77. The molecule has 0 saturated carbocycles. The molecule has 1 heterocycles. The van der Waals surface area contributed by atoms with Crippen molar-refractivity contribution in [3.63, 3.8) is 0 Å². The van der Waals surface area contributed by atoms with Crippen LogP contribution in [0, 0.1) is 11.6 Å². The van der Waals surface area contributed by atoms with Crippen LogP contribution in [0.5, 0.6) is 0 Å². The molecule has 1 aliphatic rings. The molecule has 1 atom stereocenters. The van der Waals surface area contributed by atoms with E-state index in [-0.39, 0.29) is 49.9 Å². The van der Waals surface area contributed by atoms with Gasteiger partial charge in [-0.1, -0.05) is 0 Å². The van der Waals surface area contributed by atoms with E-state index in [0.717, 1.165) is 12.1 Å². The molecule has 0 spiro atoms. The number of carbonyl (C=O) groups excluding carboxylic acids is 1. The van der Waals surface area contributed by atoms with Crippen LogP contribution in [0.15, 0.2) is 12.1 Å². The standard InChI is InChI=1S/C17H25F2N3O4/c1-17(2,25)26-12(10-23)9-15(24)21-3-5-22(6-4-21)16-13(18)7-11(20)8-14(16)19/h7-8,12,23,25H,3-6,9-10,20H2,1-2H3. The van der Waals surface area contributed by atoms with E-state index in [2.05, 4.69) is 0 Å². The molecule has 1 fully saturated rings. The molecule has 0 radical (unpaired) electrons. The van der Waals surface area contributed by atoms with Crippen LogP contribution >= 0.6 is 0 Å². The number of ether oxygens (including phenoxy) is 1. The predicted octanol–water partition coefficient (Wildman–Crippen LogP) is 0.692. The quantitative estimate of drug-likeness (QED) is 0.501. The van der Waals surface area contributed by atoms with Gasteiger partial charge in [0.25, 0.3) is 0 Å². The number of aliphatic hydroxyl groups excluding tert-OH is 1. The average Bonchev–Trinajstić information content (AvgIpc) is 2.52. The highest BCUT2D eigenvalue weighted by Gasteiger charge is 2.28.